The summed E-state index contributed by atoms with van der Waals surface area (Å²) in [7, 11) is 2.02. The van der Waals surface area contributed by atoms with E-state index >= 15 is 0 Å². The molecule has 0 radical (unpaired) electrons. The van der Waals surface area contributed by atoms with E-state index in [2.05, 4.69) is 30.0 Å². The normalized spacial score (nSPS) is 12.3. The molecule has 2 rings (SSSR count). The number of hydrogen-bond acceptors (Lipinski definition) is 2. The van der Waals surface area contributed by atoms with Crippen molar-refractivity contribution >= 4 is 23.0 Å². The van der Waals surface area contributed by atoms with Gasteiger partial charge in [-0.05, 0) is 49.2 Å². The van der Waals surface area contributed by atoms with E-state index in [0.717, 1.165) is 22.0 Å². The topological polar surface area (TPSA) is 29.3 Å². The van der Waals surface area contributed by atoms with Crippen LogP contribution in [0, 0.1) is 6.92 Å². The lowest BCUT2D eigenvalue weighted by atomic mass is 10.1. The zero-order valence-electron chi connectivity index (χ0n) is 11.5. The van der Waals surface area contributed by atoms with Gasteiger partial charge in [-0.3, -0.25) is 0 Å². The van der Waals surface area contributed by atoms with Crippen molar-refractivity contribution in [3.63, 3.8) is 0 Å². The molecule has 0 aliphatic rings. The molecule has 0 aromatic heterocycles. The van der Waals surface area contributed by atoms with Crippen molar-refractivity contribution in [2.45, 2.75) is 19.9 Å². The maximum absolute atomic E-state index is 6.36. The first-order valence-electron chi connectivity index (χ1n) is 6.34. The van der Waals surface area contributed by atoms with Crippen LogP contribution in [0.4, 0.5) is 11.4 Å². The summed E-state index contributed by atoms with van der Waals surface area (Å²) in [5.41, 5.74) is 10.2. The van der Waals surface area contributed by atoms with Gasteiger partial charge in [0.15, 0.2) is 0 Å². The minimum atomic E-state index is -0.00386. The number of hydrogen-bond donors (Lipinski definition) is 1. The summed E-state index contributed by atoms with van der Waals surface area (Å²) in [4.78, 5) is 2.08. The van der Waals surface area contributed by atoms with Gasteiger partial charge in [0.2, 0.25) is 0 Å². The number of nitrogens with zero attached hydrogens (tertiary/aromatic N) is 1. The standard InChI is InChI=1S/C16H19ClN2/c1-11-5-4-6-14(9-11)19(3)16-8-7-13(12(2)18)10-15(16)17/h4-10,12H,18H2,1-3H3/t12-/m1/s1. The zero-order chi connectivity index (χ0) is 14.0. The number of benzene rings is 2. The van der Waals surface area contributed by atoms with E-state index in [-0.39, 0.29) is 6.04 Å². The highest BCUT2D eigenvalue weighted by atomic mass is 35.5. The van der Waals surface area contributed by atoms with Crippen molar-refractivity contribution in [2.24, 2.45) is 5.73 Å². The molecule has 0 amide bonds. The van der Waals surface area contributed by atoms with Crippen LogP contribution < -0.4 is 10.6 Å². The van der Waals surface area contributed by atoms with Crippen molar-refractivity contribution in [3.05, 3.63) is 58.6 Å². The van der Waals surface area contributed by atoms with Crippen molar-refractivity contribution in [1.29, 1.82) is 0 Å². The fourth-order valence-electron chi connectivity index (χ4n) is 2.05. The van der Waals surface area contributed by atoms with E-state index in [9.17, 15) is 0 Å². The van der Waals surface area contributed by atoms with Crippen molar-refractivity contribution in [3.8, 4) is 0 Å². The fourth-order valence-corrected chi connectivity index (χ4v) is 2.37. The summed E-state index contributed by atoms with van der Waals surface area (Å²) < 4.78 is 0. The molecule has 100 valence electrons. The Kier molecular flexibility index (Phi) is 4.13. The molecule has 0 aliphatic carbocycles. The maximum atomic E-state index is 6.36. The molecule has 0 bridgehead atoms. The Morgan fingerprint density at radius 3 is 2.47 bits per heavy atom. The van der Waals surface area contributed by atoms with Crippen LogP contribution in [0.5, 0.6) is 0 Å². The van der Waals surface area contributed by atoms with Gasteiger partial charge in [0.1, 0.15) is 0 Å². The highest BCUT2D eigenvalue weighted by Gasteiger charge is 2.10. The largest absolute Gasteiger partial charge is 0.343 e. The van der Waals surface area contributed by atoms with Crippen LogP contribution in [0.25, 0.3) is 0 Å². The fraction of sp³-hybridized carbons (Fsp3) is 0.250. The van der Waals surface area contributed by atoms with Gasteiger partial charge >= 0.3 is 0 Å². The lowest BCUT2D eigenvalue weighted by Gasteiger charge is -2.22. The molecule has 0 saturated heterocycles. The van der Waals surface area contributed by atoms with Gasteiger partial charge in [-0.25, -0.2) is 0 Å². The maximum Gasteiger partial charge on any atom is 0.0646 e. The Morgan fingerprint density at radius 1 is 1.16 bits per heavy atom. The van der Waals surface area contributed by atoms with Crippen LogP contribution in [0.3, 0.4) is 0 Å². The average molecular weight is 275 g/mol. The van der Waals surface area contributed by atoms with Crippen LogP contribution in [0.15, 0.2) is 42.5 Å². The molecule has 2 aromatic rings. The first-order chi connectivity index (χ1) is 8.99. The molecule has 2 N–H and O–H groups in total. The second kappa shape index (κ2) is 5.64. The molecular formula is C16H19ClN2. The predicted octanol–water partition coefficient (Wildman–Crippen LogP) is 4.44. The monoisotopic (exact) mass is 274 g/mol. The lowest BCUT2D eigenvalue weighted by molar-refractivity contribution is 0.818. The summed E-state index contributed by atoms with van der Waals surface area (Å²) in [5.74, 6) is 0. The highest BCUT2D eigenvalue weighted by Crippen LogP contribution is 2.32. The number of aryl methyl sites for hydroxylation is 1. The highest BCUT2D eigenvalue weighted by molar-refractivity contribution is 6.33. The predicted molar refractivity (Wildman–Crippen MR) is 83.3 cm³/mol. The van der Waals surface area contributed by atoms with Crippen molar-refractivity contribution in [1.82, 2.24) is 0 Å². The third kappa shape index (κ3) is 3.09. The number of rotatable bonds is 3. The zero-order valence-corrected chi connectivity index (χ0v) is 12.3. The molecule has 0 heterocycles. The van der Waals surface area contributed by atoms with E-state index in [4.69, 9.17) is 17.3 Å². The minimum Gasteiger partial charge on any atom is -0.343 e. The molecular weight excluding hydrogens is 256 g/mol. The summed E-state index contributed by atoms with van der Waals surface area (Å²) in [6.07, 6.45) is 0. The molecule has 0 aliphatic heterocycles. The number of anilines is 2. The first kappa shape index (κ1) is 13.9. The molecule has 0 unspecified atom stereocenters. The van der Waals surface area contributed by atoms with Crippen LogP contribution >= 0.6 is 11.6 Å². The first-order valence-corrected chi connectivity index (χ1v) is 6.72. The van der Waals surface area contributed by atoms with Gasteiger partial charge in [0, 0.05) is 18.8 Å². The smallest absolute Gasteiger partial charge is 0.0646 e. The Labute approximate surface area is 119 Å². The molecule has 3 heteroatoms. The van der Waals surface area contributed by atoms with E-state index < -0.39 is 0 Å². The van der Waals surface area contributed by atoms with Crippen molar-refractivity contribution < 1.29 is 0 Å². The van der Waals surface area contributed by atoms with E-state index in [1.54, 1.807) is 0 Å². The summed E-state index contributed by atoms with van der Waals surface area (Å²) in [5, 5.41) is 0.721. The van der Waals surface area contributed by atoms with Gasteiger partial charge in [0.25, 0.3) is 0 Å². The quantitative estimate of drug-likeness (QED) is 0.897. The van der Waals surface area contributed by atoms with E-state index in [1.807, 2.05) is 38.2 Å². The molecule has 0 saturated carbocycles. The SMILES string of the molecule is Cc1cccc(N(C)c2ccc([C@@H](C)N)cc2Cl)c1. The molecule has 0 fully saturated rings. The molecule has 2 nitrogen and oxygen atoms in total. The second-order valence-corrected chi connectivity index (χ2v) is 5.30. The van der Waals surface area contributed by atoms with E-state index in [0.29, 0.717) is 0 Å². The average Bonchev–Trinajstić information content (AvgIpc) is 2.37. The Bertz CT molecular complexity index is 579. The summed E-state index contributed by atoms with van der Waals surface area (Å²) in [6, 6.07) is 14.3. The van der Waals surface area contributed by atoms with Gasteiger partial charge < -0.3 is 10.6 Å². The van der Waals surface area contributed by atoms with Crippen LogP contribution in [-0.2, 0) is 0 Å². The van der Waals surface area contributed by atoms with Gasteiger partial charge in [-0.15, -0.1) is 0 Å². The minimum absolute atomic E-state index is 0.00386. The Hall–Kier alpha value is -1.51. The van der Waals surface area contributed by atoms with Crippen molar-refractivity contribution in [2.75, 3.05) is 11.9 Å². The lowest BCUT2D eigenvalue weighted by Crippen LogP contribution is -2.11. The van der Waals surface area contributed by atoms with E-state index in [1.165, 1.54) is 5.56 Å². The summed E-state index contributed by atoms with van der Waals surface area (Å²) >= 11 is 6.36. The Morgan fingerprint density at radius 2 is 1.89 bits per heavy atom. The van der Waals surface area contributed by atoms with Gasteiger partial charge in [0.05, 0.1) is 10.7 Å². The molecule has 2 aromatic carbocycles. The molecule has 1 atom stereocenters. The Balaban J connectivity index is 2.36. The van der Waals surface area contributed by atoms with Crippen LogP contribution in [0.1, 0.15) is 24.1 Å². The van der Waals surface area contributed by atoms with Gasteiger partial charge in [-0.1, -0.05) is 29.8 Å². The third-order valence-corrected chi connectivity index (χ3v) is 3.55. The van der Waals surface area contributed by atoms with Crippen LogP contribution in [0.2, 0.25) is 5.02 Å². The number of nitrogens with two attached hydrogens (primary N) is 1. The third-order valence-electron chi connectivity index (χ3n) is 3.25. The molecule has 0 spiro atoms. The number of halogens is 1. The van der Waals surface area contributed by atoms with Crippen LogP contribution in [-0.4, -0.2) is 7.05 Å². The second-order valence-electron chi connectivity index (χ2n) is 4.90. The summed E-state index contributed by atoms with van der Waals surface area (Å²) in [6.45, 7) is 4.04. The van der Waals surface area contributed by atoms with Gasteiger partial charge in [-0.2, -0.15) is 0 Å². The molecule has 19 heavy (non-hydrogen) atoms.